The highest BCUT2D eigenvalue weighted by molar-refractivity contribution is 8.18. The molecule has 3 aromatic rings. The quantitative estimate of drug-likeness (QED) is 0.171. The van der Waals surface area contributed by atoms with Gasteiger partial charge in [-0.1, -0.05) is 12.1 Å². The Labute approximate surface area is 234 Å². The number of nitro benzene ring substituents is 1. The zero-order chi connectivity index (χ0) is 29.7. The third kappa shape index (κ3) is 7.22. The molecule has 1 N–H and O–H groups in total. The van der Waals surface area contributed by atoms with Crippen LogP contribution < -0.4 is 14.8 Å². The van der Waals surface area contributed by atoms with Crippen molar-refractivity contribution in [3.63, 3.8) is 0 Å². The molecule has 1 aliphatic heterocycles. The maximum atomic E-state index is 12.9. The second kappa shape index (κ2) is 12.1. The van der Waals surface area contributed by atoms with Gasteiger partial charge in [0.15, 0.2) is 0 Å². The van der Waals surface area contributed by atoms with Crippen LogP contribution in [-0.2, 0) is 15.8 Å². The number of amides is 3. The SMILES string of the molecule is CCOc1ccc(NC(=O)CN2C(=O)S/C(=C/c3ccc(Oc4ccc(C(F)(F)F)cc4[N+](=O)[O-])cc3)C2=O)cc1. The summed E-state index contributed by atoms with van der Waals surface area (Å²) in [5.74, 6) is -0.911. The smallest absolute Gasteiger partial charge is 0.416 e. The minimum absolute atomic E-state index is 0.0657. The first-order valence-corrected chi connectivity index (χ1v) is 12.7. The van der Waals surface area contributed by atoms with Crippen molar-refractivity contribution in [2.75, 3.05) is 18.5 Å². The molecule has 1 heterocycles. The Kier molecular flexibility index (Phi) is 8.62. The van der Waals surface area contributed by atoms with Gasteiger partial charge in [-0.2, -0.15) is 13.2 Å². The van der Waals surface area contributed by atoms with Crippen molar-refractivity contribution < 1.29 is 42.0 Å². The van der Waals surface area contributed by atoms with Gasteiger partial charge in [0.1, 0.15) is 18.0 Å². The third-order valence-electron chi connectivity index (χ3n) is 5.51. The van der Waals surface area contributed by atoms with E-state index in [1.54, 1.807) is 24.3 Å². The third-order valence-corrected chi connectivity index (χ3v) is 6.42. The van der Waals surface area contributed by atoms with Gasteiger partial charge in [0.05, 0.1) is 22.0 Å². The molecule has 41 heavy (non-hydrogen) atoms. The molecule has 0 spiro atoms. The van der Waals surface area contributed by atoms with Crippen LogP contribution in [0.5, 0.6) is 17.2 Å². The first-order chi connectivity index (χ1) is 19.4. The summed E-state index contributed by atoms with van der Waals surface area (Å²) >= 11 is 0.651. The van der Waals surface area contributed by atoms with E-state index < -0.39 is 45.9 Å². The van der Waals surface area contributed by atoms with Crippen molar-refractivity contribution in [3.05, 3.63) is 92.9 Å². The van der Waals surface area contributed by atoms with Crippen LogP contribution in [0.3, 0.4) is 0 Å². The average molecular weight is 588 g/mol. The Bertz CT molecular complexity index is 1520. The Morgan fingerprint density at radius 1 is 1.05 bits per heavy atom. The molecule has 0 bridgehead atoms. The lowest BCUT2D eigenvalue weighted by Gasteiger charge is -2.12. The molecule has 1 aliphatic rings. The molecule has 3 amide bonds. The summed E-state index contributed by atoms with van der Waals surface area (Å²) in [7, 11) is 0. The molecular formula is C27H20F3N3O7S. The number of carbonyl (C=O) groups excluding carboxylic acids is 3. The number of alkyl halides is 3. The zero-order valence-electron chi connectivity index (χ0n) is 21.1. The van der Waals surface area contributed by atoms with Gasteiger partial charge in [-0.05, 0) is 78.9 Å². The maximum absolute atomic E-state index is 12.9. The van der Waals surface area contributed by atoms with Gasteiger partial charge < -0.3 is 14.8 Å². The molecule has 0 atom stereocenters. The lowest BCUT2D eigenvalue weighted by molar-refractivity contribution is -0.385. The summed E-state index contributed by atoms with van der Waals surface area (Å²) in [5.41, 5.74) is -1.12. The number of benzene rings is 3. The van der Waals surface area contributed by atoms with Crippen molar-refractivity contribution in [2.24, 2.45) is 0 Å². The van der Waals surface area contributed by atoms with E-state index in [9.17, 15) is 37.7 Å². The first-order valence-electron chi connectivity index (χ1n) is 11.9. The van der Waals surface area contributed by atoms with Gasteiger partial charge >= 0.3 is 11.9 Å². The molecule has 4 rings (SSSR count). The lowest BCUT2D eigenvalue weighted by Crippen LogP contribution is -2.36. The molecule has 10 nitrogen and oxygen atoms in total. The Morgan fingerprint density at radius 3 is 2.32 bits per heavy atom. The number of nitrogens with one attached hydrogen (secondary N) is 1. The maximum Gasteiger partial charge on any atom is 0.416 e. The number of hydrogen-bond donors (Lipinski definition) is 1. The molecular weight excluding hydrogens is 567 g/mol. The minimum Gasteiger partial charge on any atom is -0.494 e. The molecule has 0 radical (unpaired) electrons. The van der Waals surface area contributed by atoms with Gasteiger partial charge in [-0.3, -0.25) is 29.4 Å². The summed E-state index contributed by atoms with van der Waals surface area (Å²) in [6.07, 6.45) is -3.34. The van der Waals surface area contributed by atoms with Crippen LogP contribution in [0.15, 0.2) is 71.6 Å². The highest BCUT2D eigenvalue weighted by Gasteiger charge is 2.36. The van der Waals surface area contributed by atoms with Crippen LogP contribution in [0.25, 0.3) is 6.08 Å². The Hall–Kier alpha value is -4.85. The number of nitro groups is 1. The van der Waals surface area contributed by atoms with Gasteiger partial charge in [-0.15, -0.1) is 0 Å². The number of rotatable bonds is 9. The molecule has 0 aliphatic carbocycles. The number of ether oxygens (including phenoxy) is 2. The predicted octanol–water partition coefficient (Wildman–Crippen LogP) is 6.48. The average Bonchev–Trinajstić information content (AvgIpc) is 3.17. The molecule has 0 saturated carbocycles. The molecule has 1 saturated heterocycles. The Morgan fingerprint density at radius 2 is 1.71 bits per heavy atom. The van der Waals surface area contributed by atoms with Gasteiger partial charge in [-0.25, -0.2) is 0 Å². The van der Waals surface area contributed by atoms with Crippen molar-refractivity contribution in [1.29, 1.82) is 0 Å². The largest absolute Gasteiger partial charge is 0.494 e. The van der Waals surface area contributed by atoms with Crippen LogP contribution in [-0.4, -0.2) is 40.0 Å². The van der Waals surface area contributed by atoms with Crippen molar-refractivity contribution in [2.45, 2.75) is 13.1 Å². The summed E-state index contributed by atoms with van der Waals surface area (Å²) < 4.78 is 49.5. The van der Waals surface area contributed by atoms with Crippen molar-refractivity contribution in [3.8, 4) is 17.2 Å². The topological polar surface area (TPSA) is 128 Å². The number of carbonyl (C=O) groups is 3. The van der Waals surface area contributed by atoms with Gasteiger partial charge in [0.2, 0.25) is 11.7 Å². The predicted molar refractivity (Wildman–Crippen MR) is 144 cm³/mol. The van der Waals surface area contributed by atoms with E-state index in [1.165, 1.54) is 30.3 Å². The lowest BCUT2D eigenvalue weighted by atomic mass is 10.1. The normalized spacial score (nSPS) is 14.3. The Balaban J connectivity index is 1.41. The zero-order valence-corrected chi connectivity index (χ0v) is 22.0. The number of halogens is 3. The van der Waals surface area contributed by atoms with E-state index in [-0.39, 0.29) is 16.4 Å². The molecule has 14 heteroatoms. The van der Waals surface area contributed by atoms with Gasteiger partial charge in [0, 0.05) is 11.8 Å². The second-order valence-corrected chi connectivity index (χ2v) is 9.38. The number of nitrogens with zero attached hydrogens (tertiary/aromatic N) is 2. The van der Waals surface area contributed by atoms with Crippen molar-refractivity contribution >= 4 is 46.3 Å². The standard InChI is InChI=1S/C27H20F3N3O7S/c1-2-39-19-10-6-18(7-11-19)31-24(34)15-32-25(35)23(41-26(32)36)13-16-3-8-20(9-4-16)40-22-12-5-17(27(28,29)30)14-21(22)33(37)38/h3-14H,2,15H2,1H3,(H,31,34)/b23-13+. The van der Waals surface area contributed by atoms with Crippen LogP contribution >= 0.6 is 11.8 Å². The minimum atomic E-state index is -4.76. The molecule has 0 unspecified atom stereocenters. The fourth-order valence-electron chi connectivity index (χ4n) is 3.61. The van der Waals surface area contributed by atoms with Crippen molar-refractivity contribution in [1.82, 2.24) is 4.90 Å². The summed E-state index contributed by atoms with van der Waals surface area (Å²) in [4.78, 5) is 48.8. The number of imide groups is 1. The highest BCUT2D eigenvalue weighted by atomic mass is 32.2. The van der Waals surface area contributed by atoms with Crippen LogP contribution in [0.2, 0.25) is 0 Å². The summed E-state index contributed by atoms with van der Waals surface area (Å²) in [6.45, 7) is 1.84. The molecule has 1 fully saturated rings. The van der Waals surface area contributed by atoms with E-state index in [2.05, 4.69) is 5.32 Å². The van der Waals surface area contributed by atoms with E-state index in [4.69, 9.17) is 9.47 Å². The first kappa shape index (κ1) is 29.1. The molecule has 3 aromatic carbocycles. The van der Waals surface area contributed by atoms with E-state index in [0.717, 1.165) is 11.0 Å². The van der Waals surface area contributed by atoms with Crippen LogP contribution in [0.4, 0.5) is 29.3 Å². The van der Waals surface area contributed by atoms with Gasteiger partial charge in [0.25, 0.3) is 11.1 Å². The van der Waals surface area contributed by atoms with Crippen LogP contribution in [0.1, 0.15) is 18.1 Å². The highest BCUT2D eigenvalue weighted by Crippen LogP contribution is 2.38. The number of hydrogen-bond acceptors (Lipinski definition) is 8. The fraction of sp³-hybridized carbons (Fsp3) is 0.148. The van der Waals surface area contributed by atoms with E-state index in [0.29, 0.717) is 47.5 Å². The second-order valence-electron chi connectivity index (χ2n) is 8.38. The molecule has 0 aromatic heterocycles. The van der Waals surface area contributed by atoms with Crippen LogP contribution in [0, 0.1) is 10.1 Å². The molecule has 212 valence electrons. The van der Waals surface area contributed by atoms with E-state index >= 15 is 0 Å². The fourth-order valence-corrected chi connectivity index (χ4v) is 4.45. The summed E-state index contributed by atoms with van der Waals surface area (Å²) in [6, 6.07) is 14.3. The summed E-state index contributed by atoms with van der Waals surface area (Å²) in [5, 5.41) is 13.3. The van der Waals surface area contributed by atoms with E-state index in [1.807, 2.05) is 6.92 Å². The number of anilines is 1. The monoisotopic (exact) mass is 587 g/mol. The number of thioether (sulfide) groups is 1.